The summed E-state index contributed by atoms with van der Waals surface area (Å²) in [5.41, 5.74) is 6.32. The van der Waals surface area contributed by atoms with Crippen molar-refractivity contribution in [3.05, 3.63) is 57.6 Å². The number of phenols is 2. The minimum Gasteiger partial charge on any atom is -0.507 e. The zero-order chi connectivity index (χ0) is 24.4. The first kappa shape index (κ1) is 26.3. The highest BCUT2D eigenvalue weighted by Crippen LogP contribution is 2.38. The minimum atomic E-state index is -0.120. The Balaban J connectivity index is 2.48. The molecule has 0 radical (unpaired) electrons. The van der Waals surface area contributed by atoms with E-state index in [2.05, 4.69) is 93.5 Å². The van der Waals surface area contributed by atoms with Crippen molar-refractivity contribution in [3.63, 3.8) is 0 Å². The summed E-state index contributed by atoms with van der Waals surface area (Å²) >= 11 is 0. The standard InChI is InChI=1S/C30H46O2/c1-19(2)13-21-15-23(27(31)25(17-21)29(5,6)7)11-12-24-16-22(14-20(3)4)18-26(28(24)32)30(8,9)10/h15-20,31-32H,11-14H2,1-10H3. The number of hydrogen-bond acceptors (Lipinski definition) is 2. The number of rotatable bonds is 7. The summed E-state index contributed by atoms with van der Waals surface area (Å²) in [6.07, 6.45) is 3.42. The third-order valence-electron chi connectivity index (χ3n) is 6.06. The van der Waals surface area contributed by atoms with Gasteiger partial charge < -0.3 is 10.2 Å². The average Bonchev–Trinajstić information content (AvgIpc) is 2.61. The fourth-order valence-electron chi connectivity index (χ4n) is 4.49. The van der Waals surface area contributed by atoms with Crippen molar-refractivity contribution in [1.82, 2.24) is 0 Å². The molecule has 0 bridgehead atoms. The van der Waals surface area contributed by atoms with E-state index in [0.717, 1.165) is 35.1 Å². The van der Waals surface area contributed by atoms with Crippen LogP contribution >= 0.6 is 0 Å². The van der Waals surface area contributed by atoms with Gasteiger partial charge in [0.1, 0.15) is 11.5 Å². The lowest BCUT2D eigenvalue weighted by Gasteiger charge is -2.25. The first-order chi connectivity index (χ1) is 14.6. The molecule has 2 aromatic carbocycles. The van der Waals surface area contributed by atoms with E-state index in [1.165, 1.54) is 11.1 Å². The molecule has 2 heteroatoms. The monoisotopic (exact) mass is 438 g/mol. The molecule has 0 spiro atoms. The van der Waals surface area contributed by atoms with Gasteiger partial charge in [0.2, 0.25) is 0 Å². The van der Waals surface area contributed by atoms with Crippen molar-refractivity contribution >= 4 is 0 Å². The van der Waals surface area contributed by atoms with Crippen molar-refractivity contribution in [2.24, 2.45) is 11.8 Å². The van der Waals surface area contributed by atoms with Crippen LogP contribution in [0.4, 0.5) is 0 Å². The van der Waals surface area contributed by atoms with Crippen LogP contribution in [-0.4, -0.2) is 10.2 Å². The molecule has 0 atom stereocenters. The Hall–Kier alpha value is -1.96. The molecule has 0 aliphatic rings. The molecule has 178 valence electrons. The summed E-state index contributed by atoms with van der Waals surface area (Å²) in [6, 6.07) is 8.70. The van der Waals surface area contributed by atoms with Crippen LogP contribution < -0.4 is 0 Å². The van der Waals surface area contributed by atoms with Gasteiger partial charge in [-0.15, -0.1) is 0 Å². The van der Waals surface area contributed by atoms with Gasteiger partial charge in [0, 0.05) is 0 Å². The molecule has 0 saturated heterocycles. The Bertz CT molecular complexity index is 844. The topological polar surface area (TPSA) is 40.5 Å². The Labute approximate surface area is 197 Å². The third kappa shape index (κ3) is 6.77. The van der Waals surface area contributed by atoms with Gasteiger partial charge in [-0.1, -0.05) is 93.5 Å². The van der Waals surface area contributed by atoms with Gasteiger partial charge in [0.05, 0.1) is 0 Å². The predicted octanol–water partition coefficient (Wildman–Crippen LogP) is 7.88. The summed E-state index contributed by atoms with van der Waals surface area (Å²) in [5, 5.41) is 22.3. The molecule has 0 aliphatic heterocycles. The van der Waals surface area contributed by atoms with E-state index in [-0.39, 0.29) is 10.8 Å². The van der Waals surface area contributed by atoms with Crippen LogP contribution in [0.3, 0.4) is 0 Å². The number of benzene rings is 2. The van der Waals surface area contributed by atoms with Crippen LogP contribution in [0.1, 0.15) is 103 Å². The van der Waals surface area contributed by atoms with Crippen LogP contribution in [0.5, 0.6) is 11.5 Å². The van der Waals surface area contributed by atoms with E-state index < -0.39 is 0 Å². The Morgan fingerprint density at radius 1 is 0.594 bits per heavy atom. The molecule has 32 heavy (non-hydrogen) atoms. The highest BCUT2D eigenvalue weighted by Gasteiger charge is 2.24. The van der Waals surface area contributed by atoms with Gasteiger partial charge in [-0.25, -0.2) is 0 Å². The summed E-state index contributed by atoms with van der Waals surface area (Å²) in [7, 11) is 0. The van der Waals surface area contributed by atoms with E-state index in [1.54, 1.807) is 0 Å². The van der Waals surface area contributed by atoms with Gasteiger partial charge in [-0.05, 0) is 81.7 Å². The summed E-state index contributed by atoms with van der Waals surface area (Å²) < 4.78 is 0. The molecule has 0 aromatic heterocycles. The lowest BCUT2D eigenvalue weighted by atomic mass is 9.81. The van der Waals surface area contributed by atoms with Gasteiger partial charge in [-0.3, -0.25) is 0 Å². The molecule has 0 fully saturated rings. The summed E-state index contributed by atoms with van der Waals surface area (Å²) in [4.78, 5) is 0. The van der Waals surface area contributed by atoms with Gasteiger partial charge >= 0.3 is 0 Å². The Morgan fingerprint density at radius 3 is 1.16 bits per heavy atom. The van der Waals surface area contributed by atoms with Crippen LogP contribution in [0, 0.1) is 11.8 Å². The van der Waals surface area contributed by atoms with Crippen molar-refractivity contribution in [3.8, 4) is 11.5 Å². The third-order valence-corrected chi connectivity index (χ3v) is 6.06. The van der Waals surface area contributed by atoms with E-state index in [4.69, 9.17) is 0 Å². The second-order valence-electron chi connectivity index (χ2n) is 12.5. The number of aromatic hydroxyl groups is 2. The molecule has 0 unspecified atom stereocenters. The van der Waals surface area contributed by atoms with Crippen LogP contribution in [0.15, 0.2) is 24.3 Å². The molecule has 2 N–H and O–H groups in total. The normalized spacial score (nSPS) is 12.8. The fraction of sp³-hybridized carbons (Fsp3) is 0.600. The van der Waals surface area contributed by atoms with E-state index in [1.807, 2.05) is 0 Å². The quantitative estimate of drug-likeness (QED) is 0.461. The van der Waals surface area contributed by atoms with E-state index in [9.17, 15) is 10.2 Å². The average molecular weight is 439 g/mol. The van der Waals surface area contributed by atoms with Crippen LogP contribution in [0.25, 0.3) is 0 Å². The molecule has 0 amide bonds. The van der Waals surface area contributed by atoms with E-state index >= 15 is 0 Å². The highest BCUT2D eigenvalue weighted by atomic mass is 16.3. The van der Waals surface area contributed by atoms with Gasteiger partial charge in [-0.2, -0.15) is 0 Å². The molecular formula is C30H46O2. The lowest BCUT2D eigenvalue weighted by Crippen LogP contribution is -2.14. The SMILES string of the molecule is CC(C)Cc1cc(CCc2cc(CC(C)C)cc(C(C)(C)C)c2O)c(O)c(C(C)(C)C)c1. The molecular weight excluding hydrogens is 392 g/mol. The first-order valence-corrected chi connectivity index (χ1v) is 12.3. The van der Waals surface area contributed by atoms with Gasteiger partial charge in [0.25, 0.3) is 0 Å². The minimum absolute atomic E-state index is 0.120. The second-order valence-corrected chi connectivity index (χ2v) is 12.5. The van der Waals surface area contributed by atoms with Crippen LogP contribution in [-0.2, 0) is 36.5 Å². The largest absolute Gasteiger partial charge is 0.507 e. The Morgan fingerprint density at radius 2 is 0.906 bits per heavy atom. The maximum atomic E-state index is 11.1. The van der Waals surface area contributed by atoms with Crippen molar-refractivity contribution in [2.75, 3.05) is 0 Å². The second kappa shape index (κ2) is 9.89. The summed E-state index contributed by atoms with van der Waals surface area (Å²) in [6.45, 7) is 21.9. The van der Waals surface area contributed by atoms with Gasteiger partial charge in [0.15, 0.2) is 0 Å². The lowest BCUT2D eigenvalue weighted by molar-refractivity contribution is 0.434. The smallest absolute Gasteiger partial charge is 0.122 e. The van der Waals surface area contributed by atoms with Crippen molar-refractivity contribution in [1.29, 1.82) is 0 Å². The highest BCUT2D eigenvalue weighted by molar-refractivity contribution is 5.50. The number of hydrogen-bond donors (Lipinski definition) is 2. The maximum absolute atomic E-state index is 11.1. The zero-order valence-electron chi connectivity index (χ0n) is 22.2. The number of phenolic OH excluding ortho intramolecular Hbond substituents is 2. The van der Waals surface area contributed by atoms with Crippen molar-refractivity contribution in [2.45, 2.75) is 106 Å². The molecule has 2 nitrogen and oxygen atoms in total. The number of aryl methyl sites for hydroxylation is 2. The zero-order valence-corrected chi connectivity index (χ0v) is 22.2. The molecule has 2 rings (SSSR count). The molecule has 0 aliphatic carbocycles. The van der Waals surface area contributed by atoms with Crippen LogP contribution in [0.2, 0.25) is 0 Å². The molecule has 2 aromatic rings. The predicted molar refractivity (Wildman–Crippen MR) is 138 cm³/mol. The molecule has 0 saturated carbocycles. The molecule has 0 heterocycles. The fourth-order valence-corrected chi connectivity index (χ4v) is 4.49. The summed E-state index contributed by atoms with van der Waals surface area (Å²) in [5.74, 6) is 1.95. The Kier molecular flexibility index (Phi) is 8.13. The maximum Gasteiger partial charge on any atom is 0.122 e. The van der Waals surface area contributed by atoms with Crippen molar-refractivity contribution < 1.29 is 10.2 Å². The first-order valence-electron chi connectivity index (χ1n) is 12.3. The van der Waals surface area contributed by atoms with E-state index in [0.29, 0.717) is 36.2 Å².